The lowest BCUT2D eigenvalue weighted by Gasteiger charge is -2.34. The third-order valence-corrected chi connectivity index (χ3v) is 8.34. The van der Waals surface area contributed by atoms with E-state index in [4.69, 9.17) is 6.57 Å². The van der Waals surface area contributed by atoms with Crippen LogP contribution in [0.5, 0.6) is 0 Å². The van der Waals surface area contributed by atoms with Gasteiger partial charge >= 0.3 is 0 Å². The fourth-order valence-corrected chi connectivity index (χ4v) is 6.01. The standard InChI is InChI=1S/C30H34N4O3/c1-21-9-11-23(12-10-21)30(31-2)15-18-33(19-16-30)17-4-3-6-22-7-5-8-24-25(22)20-34(29(24)37)26-13-14-27(35)32-28(26)36/h5,7-12,26H,3-4,6,13-20H2,1H3,(H,32,35,36). The molecular formula is C30H34N4O3. The summed E-state index contributed by atoms with van der Waals surface area (Å²) in [6.45, 7) is 13.3. The third-order valence-electron chi connectivity index (χ3n) is 8.34. The second-order valence-corrected chi connectivity index (χ2v) is 10.7. The summed E-state index contributed by atoms with van der Waals surface area (Å²) in [6.07, 6.45) is 5.35. The predicted molar refractivity (Wildman–Crippen MR) is 141 cm³/mol. The van der Waals surface area contributed by atoms with E-state index in [1.807, 2.05) is 12.1 Å². The number of aryl methyl sites for hydroxylation is 2. The summed E-state index contributed by atoms with van der Waals surface area (Å²) >= 11 is 0. The second kappa shape index (κ2) is 10.5. The zero-order chi connectivity index (χ0) is 26.0. The van der Waals surface area contributed by atoms with E-state index in [0.717, 1.165) is 62.9 Å². The SMILES string of the molecule is [C-]#[N+]C1(c2ccc(C)cc2)CCN(CCCCc2cccc3c2CN(C2CCC(=O)NC2=O)C3=O)CC1. The number of hydrogen-bond donors (Lipinski definition) is 1. The number of hydrogen-bond acceptors (Lipinski definition) is 4. The van der Waals surface area contributed by atoms with Crippen molar-refractivity contribution in [3.05, 3.63) is 81.7 Å². The van der Waals surface area contributed by atoms with Crippen molar-refractivity contribution in [2.75, 3.05) is 19.6 Å². The number of fused-ring (bicyclic) bond motifs is 1. The molecule has 2 saturated heterocycles. The largest absolute Gasteiger partial charge is 0.322 e. The minimum absolute atomic E-state index is 0.114. The minimum Gasteiger partial charge on any atom is -0.322 e. The Hall–Kier alpha value is -3.50. The minimum atomic E-state index is -0.577. The van der Waals surface area contributed by atoms with Gasteiger partial charge in [0.15, 0.2) is 0 Å². The molecule has 37 heavy (non-hydrogen) atoms. The van der Waals surface area contributed by atoms with Crippen LogP contribution in [0.3, 0.4) is 0 Å². The quantitative estimate of drug-likeness (QED) is 0.356. The monoisotopic (exact) mass is 498 g/mol. The van der Waals surface area contributed by atoms with Gasteiger partial charge in [0.25, 0.3) is 11.4 Å². The number of nitrogens with one attached hydrogen (secondary N) is 1. The van der Waals surface area contributed by atoms with E-state index in [-0.39, 0.29) is 24.1 Å². The van der Waals surface area contributed by atoms with E-state index in [2.05, 4.69) is 52.3 Å². The highest BCUT2D eigenvalue weighted by atomic mass is 16.2. The maximum absolute atomic E-state index is 13.0. The molecule has 7 nitrogen and oxygen atoms in total. The Morgan fingerprint density at radius 1 is 1.05 bits per heavy atom. The molecular weight excluding hydrogens is 464 g/mol. The lowest BCUT2D eigenvalue weighted by atomic mass is 9.81. The lowest BCUT2D eigenvalue weighted by Crippen LogP contribution is -2.52. The van der Waals surface area contributed by atoms with Crippen molar-refractivity contribution in [2.45, 2.75) is 70.0 Å². The molecule has 2 aromatic rings. The first-order chi connectivity index (χ1) is 17.9. The van der Waals surface area contributed by atoms with E-state index in [1.54, 1.807) is 4.90 Å². The number of likely N-dealkylation sites (tertiary alicyclic amines) is 1. The van der Waals surface area contributed by atoms with E-state index in [0.29, 0.717) is 18.5 Å². The van der Waals surface area contributed by atoms with Gasteiger partial charge in [0.1, 0.15) is 6.04 Å². The van der Waals surface area contributed by atoms with Gasteiger partial charge in [-0.1, -0.05) is 42.0 Å². The molecule has 2 fully saturated rings. The number of amides is 3. The normalized spacial score (nSPS) is 21.5. The van der Waals surface area contributed by atoms with Gasteiger partial charge in [0.05, 0.1) is 0 Å². The molecule has 3 amide bonds. The Morgan fingerprint density at radius 2 is 1.81 bits per heavy atom. The van der Waals surface area contributed by atoms with Crippen LogP contribution in [0, 0.1) is 13.5 Å². The molecule has 0 bridgehead atoms. The van der Waals surface area contributed by atoms with Crippen molar-refractivity contribution in [2.24, 2.45) is 0 Å². The second-order valence-electron chi connectivity index (χ2n) is 10.7. The van der Waals surface area contributed by atoms with Crippen LogP contribution < -0.4 is 5.32 Å². The van der Waals surface area contributed by atoms with Crippen molar-refractivity contribution in [1.29, 1.82) is 0 Å². The fraction of sp³-hybridized carbons (Fsp3) is 0.467. The zero-order valence-corrected chi connectivity index (χ0v) is 21.5. The number of carbonyl (C=O) groups excluding carboxylic acids is 3. The molecule has 0 saturated carbocycles. The molecule has 3 aliphatic heterocycles. The van der Waals surface area contributed by atoms with Crippen LogP contribution in [0.4, 0.5) is 0 Å². The van der Waals surface area contributed by atoms with Crippen LogP contribution in [0.1, 0.15) is 71.1 Å². The average molecular weight is 499 g/mol. The predicted octanol–water partition coefficient (Wildman–Crippen LogP) is 3.99. The number of imide groups is 1. The van der Waals surface area contributed by atoms with Crippen molar-refractivity contribution < 1.29 is 14.4 Å². The summed E-state index contributed by atoms with van der Waals surface area (Å²) in [4.78, 5) is 45.1. The molecule has 3 aliphatic rings. The molecule has 0 spiro atoms. The van der Waals surface area contributed by atoms with E-state index in [1.165, 1.54) is 11.1 Å². The van der Waals surface area contributed by atoms with Crippen molar-refractivity contribution in [1.82, 2.24) is 15.1 Å². The van der Waals surface area contributed by atoms with E-state index < -0.39 is 11.6 Å². The number of nitrogens with zero attached hydrogens (tertiary/aromatic N) is 3. The van der Waals surface area contributed by atoms with Gasteiger partial charge in [-0.3, -0.25) is 19.7 Å². The molecule has 0 aromatic heterocycles. The van der Waals surface area contributed by atoms with Crippen LogP contribution >= 0.6 is 0 Å². The van der Waals surface area contributed by atoms with Crippen molar-refractivity contribution in [3.8, 4) is 0 Å². The number of benzene rings is 2. The maximum Gasteiger partial charge on any atom is 0.260 e. The number of unbranched alkanes of at least 4 members (excludes halogenated alkanes) is 1. The lowest BCUT2D eigenvalue weighted by molar-refractivity contribution is -0.136. The van der Waals surface area contributed by atoms with Crippen LogP contribution in [0.15, 0.2) is 42.5 Å². The summed E-state index contributed by atoms with van der Waals surface area (Å²) in [7, 11) is 0. The van der Waals surface area contributed by atoms with Gasteiger partial charge in [0.2, 0.25) is 11.8 Å². The first kappa shape index (κ1) is 25.2. The first-order valence-electron chi connectivity index (χ1n) is 13.3. The Bertz CT molecular complexity index is 1240. The number of rotatable bonds is 7. The van der Waals surface area contributed by atoms with Crippen molar-refractivity contribution >= 4 is 17.7 Å². The average Bonchev–Trinajstić information content (AvgIpc) is 3.24. The summed E-state index contributed by atoms with van der Waals surface area (Å²) in [5.74, 6) is -0.753. The molecule has 1 unspecified atom stereocenters. The highest BCUT2D eigenvalue weighted by molar-refractivity contribution is 6.05. The Morgan fingerprint density at radius 3 is 2.51 bits per heavy atom. The molecule has 3 heterocycles. The molecule has 0 radical (unpaired) electrons. The van der Waals surface area contributed by atoms with Crippen LogP contribution in [-0.4, -0.2) is 53.2 Å². The van der Waals surface area contributed by atoms with Gasteiger partial charge in [-0.15, -0.1) is 0 Å². The summed E-state index contributed by atoms with van der Waals surface area (Å²) < 4.78 is 0. The summed E-state index contributed by atoms with van der Waals surface area (Å²) in [5, 5.41) is 2.37. The fourth-order valence-electron chi connectivity index (χ4n) is 6.01. The third kappa shape index (κ3) is 5.03. The summed E-state index contributed by atoms with van der Waals surface area (Å²) in [5.41, 5.74) is 4.85. The molecule has 2 aromatic carbocycles. The highest BCUT2D eigenvalue weighted by Crippen LogP contribution is 2.37. The Kier molecular flexibility index (Phi) is 7.12. The first-order valence-corrected chi connectivity index (χ1v) is 13.3. The number of carbonyl (C=O) groups is 3. The van der Waals surface area contributed by atoms with Crippen LogP contribution in [0.2, 0.25) is 0 Å². The molecule has 5 rings (SSSR count). The van der Waals surface area contributed by atoms with Gasteiger partial charge in [0, 0.05) is 50.0 Å². The molecule has 7 heteroatoms. The molecule has 192 valence electrons. The Balaban J connectivity index is 1.13. The van der Waals surface area contributed by atoms with Gasteiger partial charge in [-0.05, 0) is 56.3 Å². The van der Waals surface area contributed by atoms with Gasteiger partial charge in [-0.25, -0.2) is 6.57 Å². The molecule has 1 atom stereocenters. The smallest absolute Gasteiger partial charge is 0.260 e. The van der Waals surface area contributed by atoms with E-state index >= 15 is 0 Å². The topological polar surface area (TPSA) is 74.1 Å². The zero-order valence-electron chi connectivity index (χ0n) is 21.5. The van der Waals surface area contributed by atoms with Gasteiger partial charge < -0.3 is 14.6 Å². The Labute approximate surface area is 218 Å². The van der Waals surface area contributed by atoms with Crippen LogP contribution in [0.25, 0.3) is 4.85 Å². The number of piperidine rings is 2. The maximum atomic E-state index is 13.0. The van der Waals surface area contributed by atoms with Crippen molar-refractivity contribution in [3.63, 3.8) is 0 Å². The molecule has 1 N–H and O–H groups in total. The summed E-state index contributed by atoms with van der Waals surface area (Å²) in [6, 6.07) is 13.7. The highest BCUT2D eigenvalue weighted by Gasteiger charge is 2.42. The van der Waals surface area contributed by atoms with Gasteiger partial charge in [-0.2, -0.15) is 0 Å². The van der Waals surface area contributed by atoms with Crippen LogP contribution in [-0.2, 0) is 28.1 Å². The van der Waals surface area contributed by atoms with E-state index in [9.17, 15) is 14.4 Å². The molecule has 0 aliphatic carbocycles.